The largest absolute Gasteiger partial charge is 0.508 e. The van der Waals surface area contributed by atoms with E-state index in [0.29, 0.717) is 25.8 Å². The van der Waals surface area contributed by atoms with E-state index in [-0.39, 0.29) is 29.5 Å². The lowest BCUT2D eigenvalue weighted by Crippen LogP contribution is -2.49. The smallest absolute Gasteiger partial charge is 0.311 e. The van der Waals surface area contributed by atoms with Gasteiger partial charge in [-0.2, -0.15) is 0 Å². The second-order valence-corrected chi connectivity index (χ2v) is 5.51. The number of hydrogen-bond acceptors (Lipinski definition) is 4. The van der Waals surface area contributed by atoms with E-state index in [4.69, 9.17) is 0 Å². The zero-order valence-corrected chi connectivity index (χ0v) is 11.9. The van der Waals surface area contributed by atoms with Crippen molar-refractivity contribution in [2.75, 3.05) is 13.1 Å². The van der Waals surface area contributed by atoms with Gasteiger partial charge < -0.3 is 20.2 Å². The summed E-state index contributed by atoms with van der Waals surface area (Å²) < 4.78 is 0. The van der Waals surface area contributed by atoms with Gasteiger partial charge >= 0.3 is 5.97 Å². The minimum absolute atomic E-state index is 0.147. The number of carboxylic acid groups (broad SMARTS) is 1. The fraction of sp³-hybridized carbons (Fsp3) is 0.467. The highest BCUT2D eigenvalue weighted by molar-refractivity contribution is 5.95. The molecule has 0 bridgehead atoms. The molecule has 0 radical (unpaired) electrons. The average molecular weight is 293 g/mol. The highest BCUT2D eigenvalue weighted by atomic mass is 16.4. The van der Waals surface area contributed by atoms with Crippen LogP contribution in [0.25, 0.3) is 0 Å². The minimum atomic E-state index is -0.910. The van der Waals surface area contributed by atoms with Crippen molar-refractivity contribution in [3.63, 3.8) is 0 Å². The van der Waals surface area contributed by atoms with Gasteiger partial charge in [-0.15, -0.1) is 0 Å². The number of aromatic hydroxyl groups is 2. The summed E-state index contributed by atoms with van der Waals surface area (Å²) in [7, 11) is 0. The highest BCUT2D eigenvalue weighted by Gasteiger charge is 2.42. The quantitative estimate of drug-likeness (QED) is 0.789. The number of rotatable bonds is 3. The number of carboxylic acids is 1. The molecule has 0 spiro atoms. The van der Waals surface area contributed by atoms with Crippen LogP contribution in [-0.2, 0) is 4.79 Å². The van der Waals surface area contributed by atoms with Crippen LogP contribution < -0.4 is 0 Å². The number of nitrogens with zero attached hydrogens (tertiary/aromatic N) is 1. The van der Waals surface area contributed by atoms with E-state index in [9.17, 15) is 24.9 Å². The van der Waals surface area contributed by atoms with E-state index in [1.165, 1.54) is 17.0 Å². The summed E-state index contributed by atoms with van der Waals surface area (Å²) in [6, 6.07) is 3.68. The van der Waals surface area contributed by atoms with Crippen molar-refractivity contribution >= 4 is 11.9 Å². The Bertz CT molecular complexity index is 551. The molecule has 1 aromatic rings. The molecule has 1 aliphatic heterocycles. The van der Waals surface area contributed by atoms with Crippen LogP contribution in [0.5, 0.6) is 11.5 Å². The lowest BCUT2D eigenvalue weighted by Gasteiger charge is -2.39. The Morgan fingerprint density at radius 3 is 2.38 bits per heavy atom. The maximum absolute atomic E-state index is 12.4. The molecular weight excluding hydrogens is 274 g/mol. The average Bonchev–Trinajstić information content (AvgIpc) is 2.45. The standard InChI is InChI=1S/C15H19NO5/c1-2-15(14(20)21)4-3-5-16(9-15)13(19)10-6-11(17)8-12(18)7-10/h6-8,17-18H,2-5,9H2,1H3,(H,20,21). The predicted octanol–water partition coefficient (Wildman–Crippen LogP) is 1.81. The number of benzene rings is 1. The Kier molecular flexibility index (Phi) is 4.06. The fourth-order valence-electron chi connectivity index (χ4n) is 2.82. The van der Waals surface area contributed by atoms with Crippen LogP contribution in [0.15, 0.2) is 18.2 Å². The maximum atomic E-state index is 12.4. The Morgan fingerprint density at radius 2 is 1.86 bits per heavy atom. The van der Waals surface area contributed by atoms with E-state index < -0.39 is 11.4 Å². The highest BCUT2D eigenvalue weighted by Crippen LogP contribution is 2.34. The Hall–Kier alpha value is -2.24. The zero-order chi connectivity index (χ0) is 15.6. The topological polar surface area (TPSA) is 98.1 Å². The van der Waals surface area contributed by atoms with Gasteiger partial charge in [-0.05, 0) is 31.4 Å². The van der Waals surface area contributed by atoms with E-state index in [1.807, 2.05) is 6.92 Å². The first-order valence-corrected chi connectivity index (χ1v) is 6.93. The first kappa shape index (κ1) is 15.2. The van der Waals surface area contributed by atoms with Crippen molar-refractivity contribution in [3.8, 4) is 11.5 Å². The Balaban J connectivity index is 2.25. The first-order chi connectivity index (χ1) is 9.88. The molecule has 1 aromatic carbocycles. The van der Waals surface area contributed by atoms with Gasteiger partial charge in [-0.25, -0.2) is 0 Å². The van der Waals surface area contributed by atoms with Gasteiger partial charge in [-0.1, -0.05) is 6.92 Å². The molecule has 3 N–H and O–H groups in total. The maximum Gasteiger partial charge on any atom is 0.311 e. The molecule has 1 saturated heterocycles. The van der Waals surface area contributed by atoms with Gasteiger partial charge in [0.15, 0.2) is 0 Å². The third kappa shape index (κ3) is 2.94. The number of carbonyl (C=O) groups is 2. The molecule has 1 heterocycles. The summed E-state index contributed by atoms with van der Waals surface area (Å²) in [4.78, 5) is 25.4. The van der Waals surface area contributed by atoms with Crippen molar-refractivity contribution in [3.05, 3.63) is 23.8 Å². The predicted molar refractivity (Wildman–Crippen MR) is 75.3 cm³/mol. The van der Waals surface area contributed by atoms with Crippen molar-refractivity contribution in [2.24, 2.45) is 5.41 Å². The summed E-state index contributed by atoms with van der Waals surface area (Å²) in [6.07, 6.45) is 1.63. The normalized spacial score (nSPS) is 22.0. The molecule has 2 rings (SSSR count). The molecule has 114 valence electrons. The minimum Gasteiger partial charge on any atom is -0.508 e. The second-order valence-electron chi connectivity index (χ2n) is 5.51. The van der Waals surface area contributed by atoms with Gasteiger partial charge in [-0.3, -0.25) is 9.59 Å². The number of aliphatic carboxylic acids is 1. The fourth-order valence-corrected chi connectivity index (χ4v) is 2.82. The van der Waals surface area contributed by atoms with Crippen molar-refractivity contribution in [2.45, 2.75) is 26.2 Å². The monoisotopic (exact) mass is 293 g/mol. The van der Waals surface area contributed by atoms with E-state index >= 15 is 0 Å². The lowest BCUT2D eigenvalue weighted by atomic mass is 9.77. The molecule has 21 heavy (non-hydrogen) atoms. The van der Waals surface area contributed by atoms with Crippen LogP contribution in [0.2, 0.25) is 0 Å². The van der Waals surface area contributed by atoms with E-state index in [0.717, 1.165) is 6.07 Å². The molecule has 1 atom stereocenters. The van der Waals surface area contributed by atoms with Crippen LogP contribution in [0.4, 0.5) is 0 Å². The third-order valence-electron chi connectivity index (χ3n) is 4.14. The summed E-state index contributed by atoms with van der Waals surface area (Å²) in [5, 5.41) is 28.3. The molecular formula is C15H19NO5. The van der Waals surface area contributed by atoms with Crippen LogP contribution in [0.3, 0.4) is 0 Å². The molecule has 6 nitrogen and oxygen atoms in total. The van der Waals surface area contributed by atoms with Gasteiger partial charge in [0.1, 0.15) is 11.5 Å². The second kappa shape index (κ2) is 5.63. The Labute approximate surface area is 122 Å². The number of carbonyl (C=O) groups excluding carboxylic acids is 1. The molecule has 0 aliphatic carbocycles. The third-order valence-corrected chi connectivity index (χ3v) is 4.14. The van der Waals surface area contributed by atoms with Crippen LogP contribution in [0.1, 0.15) is 36.5 Å². The van der Waals surface area contributed by atoms with Crippen LogP contribution >= 0.6 is 0 Å². The van der Waals surface area contributed by atoms with Crippen molar-refractivity contribution in [1.29, 1.82) is 0 Å². The van der Waals surface area contributed by atoms with Crippen molar-refractivity contribution in [1.82, 2.24) is 4.90 Å². The van der Waals surface area contributed by atoms with Crippen molar-refractivity contribution < 1.29 is 24.9 Å². The van der Waals surface area contributed by atoms with Crippen LogP contribution in [0, 0.1) is 5.41 Å². The molecule has 1 amide bonds. The molecule has 1 aliphatic rings. The lowest BCUT2D eigenvalue weighted by molar-refractivity contribution is -0.152. The molecule has 0 aromatic heterocycles. The Morgan fingerprint density at radius 1 is 1.24 bits per heavy atom. The number of hydrogen-bond donors (Lipinski definition) is 3. The number of amides is 1. The summed E-state index contributed by atoms with van der Waals surface area (Å²) >= 11 is 0. The molecule has 1 unspecified atom stereocenters. The zero-order valence-electron chi connectivity index (χ0n) is 11.9. The van der Waals surface area contributed by atoms with E-state index in [2.05, 4.69) is 0 Å². The number of likely N-dealkylation sites (tertiary alicyclic amines) is 1. The van der Waals surface area contributed by atoms with Gasteiger partial charge in [0.05, 0.1) is 5.41 Å². The SMILES string of the molecule is CCC1(C(=O)O)CCCN(C(=O)c2cc(O)cc(O)c2)C1. The molecule has 6 heteroatoms. The van der Waals surface area contributed by atoms with Gasteiger partial charge in [0.25, 0.3) is 5.91 Å². The van der Waals surface area contributed by atoms with Crippen LogP contribution in [-0.4, -0.2) is 45.2 Å². The summed E-state index contributed by atoms with van der Waals surface area (Å²) in [5.74, 6) is -1.66. The summed E-state index contributed by atoms with van der Waals surface area (Å²) in [6.45, 7) is 2.43. The van der Waals surface area contributed by atoms with Gasteiger partial charge in [0, 0.05) is 24.7 Å². The number of phenolic OH excluding ortho intramolecular Hbond substituents is 2. The molecule has 0 saturated carbocycles. The number of phenols is 2. The van der Waals surface area contributed by atoms with Gasteiger partial charge in [0.2, 0.25) is 0 Å². The summed E-state index contributed by atoms with van der Waals surface area (Å²) in [5.41, 5.74) is -0.753. The number of piperidine rings is 1. The first-order valence-electron chi connectivity index (χ1n) is 6.93. The van der Waals surface area contributed by atoms with E-state index in [1.54, 1.807) is 0 Å². The molecule has 1 fully saturated rings.